The number of carbonyl (C=O) groups is 1. The molecule has 29 heavy (non-hydrogen) atoms. The van der Waals surface area contributed by atoms with Crippen LogP contribution in [-0.4, -0.2) is 18.3 Å². The fraction of sp³-hybridized carbons (Fsp3) is 0.200. The number of benzene rings is 3. The molecule has 3 aromatic carbocycles. The Labute approximate surface area is 177 Å². The summed E-state index contributed by atoms with van der Waals surface area (Å²) in [6.07, 6.45) is 0.190. The molecule has 148 valence electrons. The van der Waals surface area contributed by atoms with Gasteiger partial charge in [-0.1, -0.05) is 91.0 Å². The highest BCUT2D eigenvalue weighted by Crippen LogP contribution is 2.49. The van der Waals surface area contributed by atoms with Gasteiger partial charge in [0.25, 0.3) is 0 Å². The van der Waals surface area contributed by atoms with Crippen LogP contribution >= 0.6 is 11.9 Å². The summed E-state index contributed by atoms with van der Waals surface area (Å²) in [5.41, 5.74) is 4.14. The number of esters is 1. The molecule has 0 saturated carbocycles. The van der Waals surface area contributed by atoms with Crippen LogP contribution in [0, 0.1) is 0 Å². The molecule has 0 fully saturated rings. The normalized spacial score (nSPS) is 11.9. The molecule has 0 N–H and O–H groups in total. The number of carbonyl (C=O) groups excluding carboxylic acids is 1. The first-order valence-electron chi connectivity index (χ1n) is 9.70. The fourth-order valence-corrected chi connectivity index (χ4v) is 4.36. The van der Waals surface area contributed by atoms with E-state index in [2.05, 4.69) is 36.4 Å². The predicted octanol–water partition coefficient (Wildman–Crippen LogP) is 6.04. The van der Waals surface area contributed by atoms with Gasteiger partial charge < -0.3 is 4.74 Å². The lowest BCUT2D eigenvalue weighted by molar-refractivity contribution is -0.141. The maximum Gasteiger partial charge on any atom is 0.311 e. The van der Waals surface area contributed by atoms with Gasteiger partial charge in [-0.15, -0.1) is 0 Å². The lowest BCUT2D eigenvalue weighted by atomic mass is 9.84. The highest BCUT2D eigenvalue weighted by molar-refractivity contribution is 7.99. The molecule has 3 aromatic rings. The molecule has 0 saturated heterocycles. The molecule has 0 radical (unpaired) electrons. The summed E-state index contributed by atoms with van der Waals surface area (Å²) < 4.78 is 9.32. The van der Waals surface area contributed by atoms with Crippen LogP contribution < -0.4 is 0 Å². The molecule has 0 amide bonds. The highest BCUT2D eigenvalue weighted by atomic mass is 32.2. The maximum atomic E-state index is 11.9. The van der Waals surface area contributed by atoms with E-state index >= 15 is 0 Å². The Bertz CT molecular complexity index is 844. The van der Waals surface area contributed by atoms with Gasteiger partial charge >= 0.3 is 5.97 Å². The van der Waals surface area contributed by atoms with Crippen molar-refractivity contribution < 1.29 is 9.53 Å². The van der Waals surface area contributed by atoms with Gasteiger partial charge in [0.2, 0.25) is 0 Å². The Morgan fingerprint density at radius 3 is 1.62 bits per heavy atom. The Balaban J connectivity index is 2.11. The molecule has 4 heteroatoms. The second-order valence-electron chi connectivity index (χ2n) is 6.68. The number of rotatable bonds is 8. The third-order valence-corrected chi connectivity index (χ3v) is 5.97. The smallest absolute Gasteiger partial charge is 0.311 e. The molecule has 0 atom stereocenters. The van der Waals surface area contributed by atoms with E-state index in [9.17, 15) is 4.79 Å². The molecular weight excluding hydrogens is 378 g/mol. The molecule has 3 rings (SSSR count). The molecular formula is C25H25NO2S. The molecule has 0 aliphatic rings. The van der Waals surface area contributed by atoms with Gasteiger partial charge in [-0.05, 0) is 42.5 Å². The Morgan fingerprint density at radius 2 is 1.24 bits per heavy atom. The van der Waals surface area contributed by atoms with Crippen LogP contribution in [0.2, 0.25) is 0 Å². The molecule has 0 aromatic heterocycles. The average Bonchev–Trinajstić information content (AvgIpc) is 2.76. The highest BCUT2D eigenvalue weighted by Gasteiger charge is 2.37. The summed E-state index contributed by atoms with van der Waals surface area (Å²) in [5, 5.41) is 0. The summed E-state index contributed by atoms with van der Waals surface area (Å²) >= 11 is 1.48. The lowest BCUT2D eigenvalue weighted by Crippen LogP contribution is -2.25. The van der Waals surface area contributed by atoms with Gasteiger partial charge in [0.1, 0.15) is 4.75 Å². The molecule has 0 aliphatic heterocycles. The van der Waals surface area contributed by atoms with E-state index in [0.717, 1.165) is 22.4 Å². The van der Waals surface area contributed by atoms with Gasteiger partial charge in [0, 0.05) is 5.71 Å². The van der Waals surface area contributed by atoms with Crippen LogP contribution in [0.15, 0.2) is 95.4 Å². The molecule has 0 unspecified atom stereocenters. The first-order valence-corrected chi connectivity index (χ1v) is 10.5. The van der Waals surface area contributed by atoms with Crippen molar-refractivity contribution >= 4 is 23.6 Å². The lowest BCUT2D eigenvalue weighted by Gasteiger charge is -2.33. The maximum absolute atomic E-state index is 11.9. The fourth-order valence-electron chi connectivity index (χ4n) is 3.28. The molecule has 0 spiro atoms. The Morgan fingerprint density at radius 1 is 0.828 bits per heavy atom. The van der Waals surface area contributed by atoms with Crippen LogP contribution in [0.1, 0.15) is 37.0 Å². The van der Waals surface area contributed by atoms with Crippen molar-refractivity contribution in [2.75, 3.05) is 6.61 Å². The second kappa shape index (κ2) is 10.1. The molecule has 3 nitrogen and oxygen atoms in total. The van der Waals surface area contributed by atoms with E-state index in [1.165, 1.54) is 11.9 Å². The number of hydrogen-bond donors (Lipinski definition) is 0. The van der Waals surface area contributed by atoms with Crippen LogP contribution in [0.25, 0.3) is 0 Å². The zero-order chi connectivity index (χ0) is 20.5. The van der Waals surface area contributed by atoms with E-state index in [0.29, 0.717) is 6.61 Å². The zero-order valence-corrected chi connectivity index (χ0v) is 17.6. The van der Waals surface area contributed by atoms with Crippen LogP contribution in [0.3, 0.4) is 0 Å². The van der Waals surface area contributed by atoms with Gasteiger partial charge in [0.05, 0.1) is 13.0 Å². The van der Waals surface area contributed by atoms with Gasteiger partial charge in [-0.25, -0.2) is 4.40 Å². The zero-order valence-electron chi connectivity index (χ0n) is 16.7. The molecule has 0 heterocycles. The first kappa shape index (κ1) is 20.9. The number of hydrogen-bond acceptors (Lipinski definition) is 4. The second-order valence-corrected chi connectivity index (χ2v) is 7.66. The van der Waals surface area contributed by atoms with Gasteiger partial charge in [-0.3, -0.25) is 4.79 Å². The van der Waals surface area contributed by atoms with Gasteiger partial charge in [-0.2, -0.15) is 0 Å². The SMILES string of the molecule is CCOC(=O)C/C(C)=N/SC(c1ccccc1)(c1ccccc1)c1ccccc1. The van der Waals surface area contributed by atoms with Crippen LogP contribution in [-0.2, 0) is 14.3 Å². The van der Waals surface area contributed by atoms with Crippen molar-refractivity contribution in [2.24, 2.45) is 4.40 Å². The largest absolute Gasteiger partial charge is 0.466 e. The predicted molar refractivity (Wildman–Crippen MR) is 121 cm³/mol. The third-order valence-electron chi connectivity index (χ3n) is 4.58. The standard InChI is InChI=1S/C25H25NO2S/c1-3-28-24(27)19-20(2)26-29-25(21-13-7-4-8-14-21,22-15-9-5-10-16-22)23-17-11-6-12-18-23/h4-18H,3,19H2,1-2H3/b26-20+. The Hall–Kier alpha value is -2.85. The van der Waals surface area contributed by atoms with Crippen molar-refractivity contribution in [1.29, 1.82) is 0 Å². The summed E-state index contributed by atoms with van der Waals surface area (Å²) in [4.78, 5) is 11.9. The van der Waals surface area contributed by atoms with Crippen molar-refractivity contribution in [3.05, 3.63) is 108 Å². The quantitative estimate of drug-likeness (QED) is 0.199. The average molecular weight is 404 g/mol. The number of nitrogens with zero attached hydrogens (tertiary/aromatic N) is 1. The summed E-state index contributed by atoms with van der Waals surface area (Å²) in [6, 6.07) is 31.1. The Kier molecular flexibility index (Phi) is 7.25. The van der Waals surface area contributed by atoms with Crippen LogP contribution in [0.4, 0.5) is 0 Å². The van der Waals surface area contributed by atoms with Crippen LogP contribution in [0.5, 0.6) is 0 Å². The third kappa shape index (κ3) is 4.96. The first-order chi connectivity index (χ1) is 14.2. The molecule has 0 bridgehead atoms. The monoisotopic (exact) mass is 403 g/mol. The van der Waals surface area contributed by atoms with E-state index < -0.39 is 4.75 Å². The molecule has 0 aliphatic carbocycles. The summed E-state index contributed by atoms with van der Waals surface area (Å²) in [6.45, 7) is 4.06. The number of ether oxygens (including phenoxy) is 1. The minimum atomic E-state index is -0.528. The van der Waals surface area contributed by atoms with E-state index in [1.807, 2.05) is 68.4 Å². The van der Waals surface area contributed by atoms with Gasteiger partial charge in [0.15, 0.2) is 0 Å². The van der Waals surface area contributed by atoms with Crippen molar-refractivity contribution in [3.63, 3.8) is 0 Å². The minimum absolute atomic E-state index is 0.190. The summed E-state index contributed by atoms with van der Waals surface area (Å²) in [5.74, 6) is -0.251. The van der Waals surface area contributed by atoms with Crippen molar-refractivity contribution in [3.8, 4) is 0 Å². The van der Waals surface area contributed by atoms with E-state index in [1.54, 1.807) is 0 Å². The summed E-state index contributed by atoms with van der Waals surface area (Å²) in [7, 11) is 0. The van der Waals surface area contributed by atoms with E-state index in [4.69, 9.17) is 9.13 Å². The minimum Gasteiger partial charge on any atom is -0.466 e. The van der Waals surface area contributed by atoms with E-state index in [-0.39, 0.29) is 12.4 Å². The topological polar surface area (TPSA) is 38.7 Å². The van der Waals surface area contributed by atoms with Crippen molar-refractivity contribution in [1.82, 2.24) is 0 Å². The van der Waals surface area contributed by atoms with Crippen molar-refractivity contribution in [2.45, 2.75) is 25.0 Å².